The molecule has 1 unspecified atom stereocenters. The summed E-state index contributed by atoms with van der Waals surface area (Å²) in [5, 5.41) is 6.99. The molecule has 1 N–H and O–H groups in total. The summed E-state index contributed by atoms with van der Waals surface area (Å²) >= 11 is 14.0. The number of hydrogen-bond donors (Lipinski definition) is 1. The fourth-order valence-electron chi connectivity index (χ4n) is 2.24. The highest BCUT2D eigenvalue weighted by Gasteiger charge is 2.18. The largest absolute Gasteiger partial charge is 0.306 e. The molecule has 1 heterocycles. The molecule has 1 aromatic heterocycles. The van der Waals surface area contributed by atoms with E-state index in [9.17, 15) is 0 Å². The van der Waals surface area contributed by atoms with Gasteiger partial charge in [0.05, 0.1) is 16.1 Å². The van der Waals surface area contributed by atoms with Crippen LogP contribution in [0.3, 0.4) is 0 Å². The van der Waals surface area contributed by atoms with Crippen molar-refractivity contribution in [1.82, 2.24) is 5.32 Å². The topological polar surface area (TPSA) is 12.0 Å². The molecule has 0 spiro atoms. The van der Waals surface area contributed by atoms with Crippen molar-refractivity contribution in [3.63, 3.8) is 0 Å². The smallest absolute Gasteiger partial charge is 0.0674 e. The molecular weight excluding hydrogens is 309 g/mol. The summed E-state index contributed by atoms with van der Waals surface area (Å²) in [5.41, 5.74) is 2.57. The average molecular weight is 328 g/mol. The van der Waals surface area contributed by atoms with Crippen LogP contribution in [0.1, 0.15) is 42.3 Å². The first kappa shape index (κ1) is 15.8. The summed E-state index contributed by atoms with van der Waals surface area (Å²) in [6.45, 7) is 5.34. The fourth-order valence-corrected chi connectivity index (χ4v) is 3.64. The van der Waals surface area contributed by atoms with Gasteiger partial charge in [0.25, 0.3) is 0 Å². The van der Waals surface area contributed by atoms with Gasteiger partial charge in [0.15, 0.2) is 0 Å². The fraction of sp³-hybridized carbons (Fsp3) is 0.375. The van der Waals surface area contributed by atoms with Crippen molar-refractivity contribution >= 4 is 34.5 Å². The van der Waals surface area contributed by atoms with Crippen molar-refractivity contribution < 1.29 is 0 Å². The van der Waals surface area contributed by atoms with Crippen LogP contribution in [0.2, 0.25) is 10.0 Å². The second-order valence-electron chi connectivity index (χ2n) is 4.72. The molecule has 20 heavy (non-hydrogen) atoms. The van der Waals surface area contributed by atoms with Gasteiger partial charge in [0.1, 0.15) is 0 Å². The SMILES string of the molecule is CCCNC(c1ccc(Cl)c(Cl)c1)c1sccc1CC. The van der Waals surface area contributed by atoms with Gasteiger partial charge in [-0.2, -0.15) is 0 Å². The Morgan fingerprint density at radius 3 is 2.60 bits per heavy atom. The number of rotatable bonds is 6. The van der Waals surface area contributed by atoms with Crippen molar-refractivity contribution in [3.05, 3.63) is 55.7 Å². The first-order valence-corrected chi connectivity index (χ1v) is 8.55. The van der Waals surface area contributed by atoms with Gasteiger partial charge in [-0.25, -0.2) is 0 Å². The van der Waals surface area contributed by atoms with E-state index in [1.165, 1.54) is 16.0 Å². The maximum Gasteiger partial charge on any atom is 0.0674 e. The zero-order chi connectivity index (χ0) is 14.5. The van der Waals surface area contributed by atoms with Crippen LogP contribution in [-0.4, -0.2) is 6.54 Å². The minimum absolute atomic E-state index is 0.194. The summed E-state index contributed by atoms with van der Waals surface area (Å²) in [6.07, 6.45) is 2.15. The number of nitrogens with one attached hydrogen (secondary N) is 1. The minimum Gasteiger partial charge on any atom is -0.306 e. The lowest BCUT2D eigenvalue weighted by Gasteiger charge is -2.20. The molecule has 0 aliphatic heterocycles. The van der Waals surface area contributed by atoms with Crippen molar-refractivity contribution in [2.75, 3.05) is 6.54 Å². The lowest BCUT2D eigenvalue weighted by molar-refractivity contribution is 0.602. The number of aryl methyl sites for hydroxylation is 1. The summed E-state index contributed by atoms with van der Waals surface area (Å²) in [5.74, 6) is 0. The molecular formula is C16H19Cl2NS. The molecule has 0 aliphatic rings. The molecule has 0 radical (unpaired) electrons. The molecule has 1 atom stereocenters. The van der Waals surface area contributed by atoms with E-state index in [1.54, 1.807) is 11.3 Å². The number of thiophene rings is 1. The second kappa shape index (κ2) is 7.46. The highest BCUT2D eigenvalue weighted by atomic mass is 35.5. The second-order valence-corrected chi connectivity index (χ2v) is 6.49. The maximum atomic E-state index is 6.17. The van der Waals surface area contributed by atoms with Crippen LogP contribution in [0.25, 0.3) is 0 Å². The van der Waals surface area contributed by atoms with Gasteiger partial charge in [-0.05, 0) is 54.1 Å². The van der Waals surface area contributed by atoms with Crippen LogP contribution >= 0.6 is 34.5 Å². The monoisotopic (exact) mass is 327 g/mol. The predicted octanol–water partition coefficient (Wildman–Crippen LogP) is 5.71. The van der Waals surface area contributed by atoms with Crippen LogP contribution in [0.4, 0.5) is 0 Å². The zero-order valence-electron chi connectivity index (χ0n) is 11.7. The highest BCUT2D eigenvalue weighted by molar-refractivity contribution is 7.10. The van der Waals surface area contributed by atoms with E-state index >= 15 is 0 Å². The van der Waals surface area contributed by atoms with Gasteiger partial charge >= 0.3 is 0 Å². The van der Waals surface area contributed by atoms with Crippen LogP contribution < -0.4 is 5.32 Å². The molecule has 0 amide bonds. The molecule has 1 nitrogen and oxygen atoms in total. The summed E-state index contributed by atoms with van der Waals surface area (Å²) in [7, 11) is 0. The van der Waals surface area contributed by atoms with Gasteiger partial charge < -0.3 is 5.32 Å². The quantitative estimate of drug-likeness (QED) is 0.716. The zero-order valence-corrected chi connectivity index (χ0v) is 14.1. The van der Waals surface area contributed by atoms with Crippen molar-refractivity contribution in [3.8, 4) is 0 Å². The van der Waals surface area contributed by atoms with E-state index in [-0.39, 0.29) is 6.04 Å². The Labute approximate surface area is 134 Å². The van der Waals surface area contributed by atoms with Gasteiger partial charge in [-0.1, -0.05) is 43.1 Å². The Kier molecular flexibility index (Phi) is 5.91. The van der Waals surface area contributed by atoms with E-state index in [4.69, 9.17) is 23.2 Å². The Morgan fingerprint density at radius 1 is 1.15 bits per heavy atom. The predicted molar refractivity (Wildman–Crippen MR) is 90.3 cm³/mol. The van der Waals surface area contributed by atoms with E-state index in [2.05, 4.69) is 36.7 Å². The van der Waals surface area contributed by atoms with Gasteiger partial charge in [0, 0.05) is 4.88 Å². The Bertz CT molecular complexity index is 565. The van der Waals surface area contributed by atoms with Crippen LogP contribution in [0.15, 0.2) is 29.6 Å². The number of benzene rings is 1. The Balaban J connectivity index is 2.38. The molecule has 0 saturated heterocycles. The number of halogens is 2. The Hall–Kier alpha value is -0.540. The third-order valence-electron chi connectivity index (χ3n) is 3.30. The Morgan fingerprint density at radius 2 is 1.95 bits per heavy atom. The highest BCUT2D eigenvalue weighted by Crippen LogP contribution is 2.33. The minimum atomic E-state index is 0.194. The van der Waals surface area contributed by atoms with Crippen molar-refractivity contribution in [2.45, 2.75) is 32.7 Å². The van der Waals surface area contributed by atoms with Gasteiger partial charge in [-0.15, -0.1) is 11.3 Å². The van der Waals surface area contributed by atoms with Crippen LogP contribution in [0.5, 0.6) is 0 Å². The molecule has 2 aromatic rings. The normalized spacial score (nSPS) is 12.6. The number of hydrogen-bond acceptors (Lipinski definition) is 2. The van der Waals surface area contributed by atoms with E-state index in [0.717, 1.165) is 19.4 Å². The van der Waals surface area contributed by atoms with E-state index in [0.29, 0.717) is 10.0 Å². The molecule has 0 saturated carbocycles. The molecule has 1 aromatic carbocycles. The van der Waals surface area contributed by atoms with Gasteiger partial charge in [0.2, 0.25) is 0 Å². The first-order valence-electron chi connectivity index (χ1n) is 6.92. The summed E-state index contributed by atoms with van der Waals surface area (Å²) in [4.78, 5) is 1.37. The van der Waals surface area contributed by atoms with Gasteiger partial charge in [-0.3, -0.25) is 0 Å². The molecule has 2 rings (SSSR count). The molecule has 0 aliphatic carbocycles. The molecule has 0 bridgehead atoms. The average Bonchev–Trinajstić information content (AvgIpc) is 2.91. The molecule has 4 heteroatoms. The lowest BCUT2D eigenvalue weighted by atomic mass is 10.0. The van der Waals surface area contributed by atoms with E-state index in [1.807, 2.05) is 12.1 Å². The lowest BCUT2D eigenvalue weighted by Crippen LogP contribution is -2.23. The molecule has 108 valence electrons. The van der Waals surface area contributed by atoms with Crippen LogP contribution in [-0.2, 0) is 6.42 Å². The summed E-state index contributed by atoms with van der Waals surface area (Å²) < 4.78 is 0. The van der Waals surface area contributed by atoms with E-state index < -0.39 is 0 Å². The summed E-state index contributed by atoms with van der Waals surface area (Å²) in [6, 6.07) is 8.30. The third kappa shape index (κ3) is 3.56. The third-order valence-corrected chi connectivity index (χ3v) is 5.06. The van der Waals surface area contributed by atoms with Crippen molar-refractivity contribution in [1.29, 1.82) is 0 Å². The van der Waals surface area contributed by atoms with Crippen LogP contribution in [0, 0.1) is 0 Å². The molecule has 0 fully saturated rings. The maximum absolute atomic E-state index is 6.17. The van der Waals surface area contributed by atoms with Crippen molar-refractivity contribution in [2.24, 2.45) is 0 Å². The standard InChI is InChI=1S/C16H19Cl2NS/c1-3-8-19-15(16-11(4-2)7-9-20-16)12-5-6-13(17)14(18)10-12/h5-7,9-10,15,19H,3-4,8H2,1-2H3. The first-order chi connectivity index (χ1) is 9.67.